The van der Waals surface area contributed by atoms with Gasteiger partial charge in [0.2, 0.25) is 0 Å². The molecule has 0 radical (unpaired) electrons. The number of hydrogen-bond donors (Lipinski definition) is 0. The molecule has 0 aromatic heterocycles. The Morgan fingerprint density at radius 2 is 0.494 bits per heavy atom. The Kier molecular flexibility index (Phi) is 65.7. The van der Waals surface area contributed by atoms with Crippen LogP contribution in [0.4, 0.5) is 0 Å². The summed E-state index contributed by atoms with van der Waals surface area (Å²) in [4.78, 5) is 38.3. The highest BCUT2D eigenvalue weighted by Crippen LogP contribution is 2.17. The largest absolute Gasteiger partial charge is 0.462 e. The van der Waals surface area contributed by atoms with Crippen LogP contribution in [0, 0.1) is 0 Å². The lowest BCUT2D eigenvalue weighted by atomic mass is 10.0. The molecule has 0 aromatic carbocycles. The second-order valence-corrected chi connectivity index (χ2v) is 23.1. The maximum absolute atomic E-state index is 12.9. The number of rotatable bonds is 63. The Balaban J connectivity index is 4.20. The first kappa shape index (κ1) is 77.3. The highest BCUT2D eigenvalue weighted by molar-refractivity contribution is 5.71. The summed E-state index contributed by atoms with van der Waals surface area (Å²) in [6.07, 6.45) is 93.1. The minimum absolute atomic E-state index is 0.0960. The Hall–Kier alpha value is -3.67. The molecule has 0 aliphatic carbocycles. The van der Waals surface area contributed by atoms with Crippen LogP contribution in [0.5, 0.6) is 0 Å². The highest BCUT2D eigenvalue weighted by Gasteiger charge is 2.19. The summed E-state index contributed by atoms with van der Waals surface area (Å²) in [6, 6.07) is 0. The maximum atomic E-state index is 12.9. The third-order valence-electron chi connectivity index (χ3n) is 15.1. The van der Waals surface area contributed by atoms with Crippen molar-refractivity contribution in [2.45, 2.75) is 348 Å². The summed E-state index contributed by atoms with van der Waals surface area (Å²) >= 11 is 0. The van der Waals surface area contributed by atoms with E-state index in [2.05, 4.69) is 118 Å². The number of carbonyl (C=O) groups is 3. The van der Waals surface area contributed by atoms with Gasteiger partial charge in [-0.2, -0.15) is 0 Å². The van der Waals surface area contributed by atoms with Crippen LogP contribution in [-0.4, -0.2) is 37.2 Å². The van der Waals surface area contributed by atoms with Crippen molar-refractivity contribution in [1.82, 2.24) is 0 Å². The average molecular weight is 1130 g/mol. The van der Waals surface area contributed by atoms with Gasteiger partial charge in [0.15, 0.2) is 6.10 Å². The van der Waals surface area contributed by atoms with E-state index in [1.165, 1.54) is 205 Å². The standard InChI is InChI=1S/C75H130O6/c1-4-7-10-13-16-19-22-25-27-29-30-31-32-33-34-35-36-37-38-39-40-41-42-43-44-46-47-50-53-56-59-62-65-68-74(77)80-71-72(70-79-73(76)67-64-61-58-55-52-49-24-21-18-15-12-9-6-3)81-75(78)69-66-63-60-57-54-51-48-45-28-26-23-20-17-14-11-8-5-2/h8,11,17,20,22,25-26,28-30,32-33,48,51,57,60,72H,4-7,9-10,12-16,18-19,21,23-24,27,31,34-47,49-50,52-56,58-59,61-71H2,1-3H3/b11-8-,20-17-,25-22-,28-26-,30-29-,33-32-,51-48-,60-57-. The third kappa shape index (κ3) is 67.0. The van der Waals surface area contributed by atoms with E-state index in [0.29, 0.717) is 19.3 Å². The van der Waals surface area contributed by atoms with Crippen molar-refractivity contribution >= 4 is 17.9 Å². The molecule has 0 amide bonds. The van der Waals surface area contributed by atoms with Crippen LogP contribution in [0.15, 0.2) is 97.2 Å². The molecule has 1 unspecified atom stereocenters. The van der Waals surface area contributed by atoms with Crippen LogP contribution >= 0.6 is 0 Å². The van der Waals surface area contributed by atoms with E-state index in [0.717, 1.165) is 89.9 Å². The Morgan fingerprint density at radius 3 is 0.790 bits per heavy atom. The molecular weight excluding hydrogens is 997 g/mol. The molecular formula is C75H130O6. The van der Waals surface area contributed by atoms with Crippen LogP contribution in [0.1, 0.15) is 342 Å². The number of ether oxygens (including phenoxy) is 3. The summed E-state index contributed by atoms with van der Waals surface area (Å²) in [5.74, 6) is -0.941. The second-order valence-electron chi connectivity index (χ2n) is 23.1. The first-order valence-corrected chi connectivity index (χ1v) is 34.7. The van der Waals surface area contributed by atoms with Gasteiger partial charge in [0, 0.05) is 19.3 Å². The van der Waals surface area contributed by atoms with Gasteiger partial charge in [-0.15, -0.1) is 0 Å². The van der Waals surface area contributed by atoms with Crippen molar-refractivity contribution in [1.29, 1.82) is 0 Å². The summed E-state index contributed by atoms with van der Waals surface area (Å²) in [7, 11) is 0. The van der Waals surface area contributed by atoms with Crippen LogP contribution in [0.25, 0.3) is 0 Å². The average Bonchev–Trinajstić information content (AvgIpc) is 3.46. The number of carbonyl (C=O) groups excluding carboxylic acids is 3. The van der Waals surface area contributed by atoms with Crippen LogP contribution in [0.3, 0.4) is 0 Å². The van der Waals surface area contributed by atoms with Gasteiger partial charge in [-0.05, 0) is 96.3 Å². The van der Waals surface area contributed by atoms with Gasteiger partial charge in [0.05, 0.1) is 0 Å². The lowest BCUT2D eigenvalue weighted by Crippen LogP contribution is -2.30. The zero-order chi connectivity index (χ0) is 58.5. The first-order valence-electron chi connectivity index (χ1n) is 34.7. The molecule has 0 bridgehead atoms. The van der Waals surface area contributed by atoms with Crippen molar-refractivity contribution in [2.24, 2.45) is 0 Å². The summed E-state index contributed by atoms with van der Waals surface area (Å²) in [6.45, 7) is 6.50. The number of unbranched alkanes of at least 4 members (excludes halogenated alkanes) is 36. The highest BCUT2D eigenvalue weighted by atomic mass is 16.6. The quantitative estimate of drug-likeness (QED) is 0.0261. The minimum atomic E-state index is -0.806. The molecule has 0 N–H and O–H groups in total. The molecule has 0 spiro atoms. The third-order valence-corrected chi connectivity index (χ3v) is 15.1. The predicted octanol–water partition coefficient (Wildman–Crippen LogP) is 24.0. The molecule has 6 nitrogen and oxygen atoms in total. The molecule has 0 heterocycles. The molecule has 0 rings (SSSR count). The fourth-order valence-electron chi connectivity index (χ4n) is 9.90. The Labute approximate surface area is 502 Å². The van der Waals surface area contributed by atoms with E-state index in [1.807, 2.05) is 0 Å². The van der Waals surface area contributed by atoms with Gasteiger partial charge in [-0.1, -0.05) is 323 Å². The molecule has 0 aliphatic heterocycles. The molecule has 6 heteroatoms. The van der Waals surface area contributed by atoms with E-state index < -0.39 is 6.10 Å². The molecule has 1 atom stereocenters. The number of esters is 3. The second kappa shape index (κ2) is 68.8. The van der Waals surface area contributed by atoms with Gasteiger partial charge < -0.3 is 14.2 Å². The van der Waals surface area contributed by atoms with Gasteiger partial charge in [-0.3, -0.25) is 14.4 Å². The van der Waals surface area contributed by atoms with Gasteiger partial charge in [-0.25, -0.2) is 0 Å². The van der Waals surface area contributed by atoms with Crippen molar-refractivity contribution in [2.75, 3.05) is 13.2 Å². The monoisotopic (exact) mass is 1130 g/mol. The maximum Gasteiger partial charge on any atom is 0.306 e. The van der Waals surface area contributed by atoms with Crippen molar-refractivity contribution < 1.29 is 28.6 Å². The number of hydrogen-bond acceptors (Lipinski definition) is 6. The SMILES string of the molecule is CC/C=C\C/C=C\C/C=C\C/C=C\C/C=C\CCCC(=O)OC(COC(=O)CCCCCCCCCCCCCCC)COC(=O)CCCCCCCCCCCCCCCCCCCC/C=C\C/C=C\C/C=C\CCCCCCC. The normalized spacial score (nSPS) is 12.7. The zero-order valence-corrected chi connectivity index (χ0v) is 53.5. The molecule has 0 aliphatic rings. The molecule has 81 heavy (non-hydrogen) atoms. The van der Waals surface area contributed by atoms with E-state index >= 15 is 0 Å². The van der Waals surface area contributed by atoms with Crippen LogP contribution in [-0.2, 0) is 28.6 Å². The van der Waals surface area contributed by atoms with Crippen molar-refractivity contribution in [3.05, 3.63) is 97.2 Å². The fourth-order valence-corrected chi connectivity index (χ4v) is 9.90. The lowest BCUT2D eigenvalue weighted by Gasteiger charge is -2.18. The van der Waals surface area contributed by atoms with Crippen molar-refractivity contribution in [3.8, 4) is 0 Å². The topological polar surface area (TPSA) is 78.9 Å². The van der Waals surface area contributed by atoms with Crippen LogP contribution < -0.4 is 0 Å². The van der Waals surface area contributed by atoms with Crippen LogP contribution in [0.2, 0.25) is 0 Å². The summed E-state index contributed by atoms with van der Waals surface area (Å²) < 4.78 is 16.9. The summed E-state index contributed by atoms with van der Waals surface area (Å²) in [5.41, 5.74) is 0. The Morgan fingerprint density at radius 1 is 0.259 bits per heavy atom. The molecule has 466 valence electrons. The predicted molar refractivity (Wildman–Crippen MR) is 353 cm³/mol. The van der Waals surface area contributed by atoms with Gasteiger partial charge >= 0.3 is 17.9 Å². The molecule has 0 saturated carbocycles. The fraction of sp³-hybridized carbons (Fsp3) is 0.747. The minimum Gasteiger partial charge on any atom is -0.462 e. The molecule has 0 saturated heterocycles. The van der Waals surface area contributed by atoms with Gasteiger partial charge in [0.1, 0.15) is 13.2 Å². The van der Waals surface area contributed by atoms with E-state index in [-0.39, 0.29) is 37.5 Å². The smallest absolute Gasteiger partial charge is 0.306 e. The first-order chi connectivity index (χ1) is 40.0. The molecule has 0 fully saturated rings. The summed E-state index contributed by atoms with van der Waals surface area (Å²) in [5, 5.41) is 0. The lowest BCUT2D eigenvalue weighted by molar-refractivity contribution is -0.167. The molecule has 0 aromatic rings. The van der Waals surface area contributed by atoms with Gasteiger partial charge in [0.25, 0.3) is 0 Å². The van der Waals surface area contributed by atoms with E-state index in [1.54, 1.807) is 0 Å². The Bertz CT molecular complexity index is 1580. The zero-order valence-electron chi connectivity index (χ0n) is 53.5. The van der Waals surface area contributed by atoms with E-state index in [4.69, 9.17) is 14.2 Å². The van der Waals surface area contributed by atoms with Crippen molar-refractivity contribution in [3.63, 3.8) is 0 Å². The van der Waals surface area contributed by atoms with E-state index in [9.17, 15) is 14.4 Å². The number of allylic oxidation sites excluding steroid dienone is 16.